The van der Waals surface area contributed by atoms with E-state index < -0.39 is 10.0 Å². The molecule has 1 saturated heterocycles. The lowest BCUT2D eigenvalue weighted by Crippen LogP contribution is -2.47. The molecule has 0 bridgehead atoms. The second-order valence-electron chi connectivity index (χ2n) is 6.52. The van der Waals surface area contributed by atoms with Gasteiger partial charge in [0.2, 0.25) is 10.0 Å². The second-order valence-corrected chi connectivity index (χ2v) is 8.42. The minimum atomic E-state index is -3.54. The molecule has 9 heteroatoms. The number of nitrogens with zero attached hydrogens (tertiary/aromatic N) is 3. The third-order valence-electron chi connectivity index (χ3n) is 4.28. The van der Waals surface area contributed by atoms with Crippen molar-refractivity contribution in [1.29, 1.82) is 0 Å². The van der Waals surface area contributed by atoms with Crippen LogP contribution in [-0.4, -0.2) is 76.6 Å². The van der Waals surface area contributed by atoms with Gasteiger partial charge in [0, 0.05) is 39.3 Å². The number of rotatable bonds is 7. The molecule has 1 aromatic carbocycles. The minimum absolute atomic E-state index is 0.0214. The molecule has 1 aromatic rings. The van der Waals surface area contributed by atoms with Crippen molar-refractivity contribution in [3.63, 3.8) is 0 Å². The van der Waals surface area contributed by atoms with Crippen molar-refractivity contribution in [2.24, 2.45) is 10.7 Å². The Bertz CT molecular complexity index is 715. The summed E-state index contributed by atoms with van der Waals surface area (Å²) < 4.78 is 32.6. The number of benzene rings is 1. The standard InChI is InChI=1S/C17H29N5O3S/c1-14(13-25-3)20-17(18)19-12-15-6-4-5-7-16(15)26(23,24)22-10-8-21(2)9-11-22/h4-7,14H,8-13H2,1-3H3,(H3,18,19,20). The van der Waals surface area contributed by atoms with Gasteiger partial charge in [0.15, 0.2) is 5.96 Å². The molecule has 0 saturated carbocycles. The normalized spacial score (nSPS) is 18.7. The van der Waals surface area contributed by atoms with E-state index in [0.29, 0.717) is 30.2 Å². The topological polar surface area (TPSA) is 100 Å². The van der Waals surface area contributed by atoms with Crippen LogP contribution in [0.5, 0.6) is 0 Å². The van der Waals surface area contributed by atoms with Gasteiger partial charge in [0.05, 0.1) is 18.0 Å². The van der Waals surface area contributed by atoms with Gasteiger partial charge in [-0.1, -0.05) is 18.2 Å². The smallest absolute Gasteiger partial charge is 0.243 e. The molecule has 1 unspecified atom stereocenters. The Balaban J connectivity index is 2.14. The van der Waals surface area contributed by atoms with Crippen LogP contribution < -0.4 is 11.1 Å². The average molecular weight is 384 g/mol. The lowest BCUT2D eigenvalue weighted by atomic mass is 10.2. The number of nitrogens with two attached hydrogens (primary N) is 1. The molecule has 2 rings (SSSR count). The predicted octanol–water partition coefficient (Wildman–Crippen LogP) is 0.0619. The maximum Gasteiger partial charge on any atom is 0.243 e. The van der Waals surface area contributed by atoms with E-state index in [-0.39, 0.29) is 18.5 Å². The van der Waals surface area contributed by atoms with Crippen molar-refractivity contribution < 1.29 is 13.2 Å². The molecule has 1 heterocycles. The molecule has 0 radical (unpaired) electrons. The Labute approximate surface area is 156 Å². The first kappa shape index (κ1) is 20.6. The summed E-state index contributed by atoms with van der Waals surface area (Å²) in [6.07, 6.45) is 0. The summed E-state index contributed by atoms with van der Waals surface area (Å²) >= 11 is 0. The van der Waals surface area contributed by atoms with E-state index in [9.17, 15) is 8.42 Å². The quantitative estimate of drug-likeness (QED) is 0.510. The van der Waals surface area contributed by atoms with Crippen LogP contribution in [0, 0.1) is 0 Å². The summed E-state index contributed by atoms with van der Waals surface area (Å²) in [7, 11) is 0.0696. The lowest BCUT2D eigenvalue weighted by molar-refractivity contribution is 0.179. The molecule has 0 spiro atoms. The van der Waals surface area contributed by atoms with Gasteiger partial charge in [-0.2, -0.15) is 4.31 Å². The molecule has 0 aromatic heterocycles. The zero-order valence-electron chi connectivity index (χ0n) is 15.7. The van der Waals surface area contributed by atoms with Crippen LogP contribution in [0.1, 0.15) is 12.5 Å². The number of hydrogen-bond donors (Lipinski definition) is 2. The molecule has 1 aliphatic heterocycles. The summed E-state index contributed by atoms with van der Waals surface area (Å²) in [5.41, 5.74) is 6.52. The summed E-state index contributed by atoms with van der Waals surface area (Å²) in [6, 6.07) is 6.98. The van der Waals surface area contributed by atoms with Crippen molar-refractivity contribution in [1.82, 2.24) is 14.5 Å². The molecule has 8 nitrogen and oxygen atoms in total. The first-order valence-corrected chi connectivity index (χ1v) is 10.1. The van der Waals surface area contributed by atoms with E-state index in [0.717, 1.165) is 13.1 Å². The fraction of sp³-hybridized carbons (Fsp3) is 0.588. The van der Waals surface area contributed by atoms with Gasteiger partial charge in [-0.05, 0) is 25.6 Å². The summed E-state index contributed by atoms with van der Waals surface area (Å²) in [5, 5.41) is 3.01. The molecular formula is C17H29N5O3S. The van der Waals surface area contributed by atoms with Crippen molar-refractivity contribution in [2.75, 3.05) is 46.9 Å². The Morgan fingerprint density at radius 3 is 2.62 bits per heavy atom. The van der Waals surface area contributed by atoms with Crippen LogP contribution in [-0.2, 0) is 21.3 Å². The zero-order chi connectivity index (χ0) is 19.2. The van der Waals surface area contributed by atoms with Crippen molar-refractivity contribution in [3.8, 4) is 0 Å². The van der Waals surface area contributed by atoms with Crippen molar-refractivity contribution in [3.05, 3.63) is 29.8 Å². The highest BCUT2D eigenvalue weighted by Crippen LogP contribution is 2.22. The minimum Gasteiger partial charge on any atom is -0.383 e. The van der Waals surface area contributed by atoms with E-state index in [4.69, 9.17) is 10.5 Å². The van der Waals surface area contributed by atoms with Gasteiger partial charge in [-0.3, -0.25) is 0 Å². The molecule has 1 fully saturated rings. The van der Waals surface area contributed by atoms with E-state index in [1.165, 1.54) is 4.31 Å². The van der Waals surface area contributed by atoms with Gasteiger partial charge >= 0.3 is 0 Å². The third kappa shape index (κ3) is 5.41. The second kappa shape index (κ2) is 9.31. The summed E-state index contributed by atoms with van der Waals surface area (Å²) in [5.74, 6) is 0.265. The van der Waals surface area contributed by atoms with Crippen molar-refractivity contribution in [2.45, 2.75) is 24.4 Å². The SMILES string of the molecule is COCC(C)NC(N)=NCc1ccccc1S(=O)(=O)N1CCN(C)CC1. The van der Waals surface area contributed by atoms with Gasteiger partial charge in [-0.15, -0.1) is 0 Å². The first-order valence-electron chi connectivity index (χ1n) is 8.66. The van der Waals surface area contributed by atoms with E-state index in [1.807, 2.05) is 20.0 Å². The van der Waals surface area contributed by atoms with Gasteiger partial charge in [-0.25, -0.2) is 13.4 Å². The van der Waals surface area contributed by atoms with E-state index >= 15 is 0 Å². The zero-order valence-corrected chi connectivity index (χ0v) is 16.5. The first-order chi connectivity index (χ1) is 12.3. The highest BCUT2D eigenvalue weighted by molar-refractivity contribution is 7.89. The largest absolute Gasteiger partial charge is 0.383 e. The number of methoxy groups -OCH3 is 1. The molecule has 146 valence electrons. The molecule has 0 amide bonds. The Hall–Kier alpha value is -1.68. The van der Waals surface area contributed by atoms with Crippen LogP contribution in [0.25, 0.3) is 0 Å². The van der Waals surface area contributed by atoms with Gasteiger partial charge in [0.1, 0.15) is 0 Å². The van der Waals surface area contributed by atoms with Crippen LogP contribution in [0.3, 0.4) is 0 Å². The van der Waals surface area contributed by atoms with Crippen LogP contribution in [0.4, 0.5) is 0 Å². The maximum atomic E-state index is 13.0. The summed E-state index contributed by atoms with van der Waals surface area (Å²) in [6.45, 7) is 5.08. The highest BCUT2D eigenvalue weighted by Gasteiger charge is 2.29. The van der Waals surface area contributed by atoms with Crippen LogP contribution in [0.15, 0.2) is 34.2 Å². The fourth-order valence-corrected chi connectivity index (χ4v) is 4.45. The number of nitrogens with one attached hydrogen (secondary N) is 1. The number of ether oxygens (including phenoxy) is 1. The molecule has 0 aliphatic carbocycles. The average Bonchev–Trinajstić information content (AvgIpc) is 2.60. The lowest BCUT2D eigenvalue weighted by Gasteiger charge is -2.32. The Morgan fingerprint density at radius 1 is 1.31 bits per heavy atom. The van der Waals surface area contributed by atoms with E-state index in [2.05, 4.69) is 15.2 Å². The van der Waals surface area contributed by atoms with Gasteiger partial charge in [0.25, 0.3) is 0 Å². The fourth-order valence-electron chi connectivity index (χ4n) is 2.81. The number of hydrogen-bond acceptors (Lipinski definition) is 5. The van der Waals surface area contributed by atoms with Crippen LogP contribution >= 0.6 is 0 Å². The maximum absolute atomic E-state index is 13.0. The van der Waals surface area contributed by atoms with Crippen LogP contribution in [0.2, 0.25) is 0 Å². The number of likely N-dealkylation sites (N-methyl/N-ethyl adjacent to an activating group) is 1. The molecular weight excluding hydrogens is 354 g/mol. The number of guanidine groups is 1. The van der Waals surface area contributed by atoms with Gasteiger partial charge < -0.3 is 20.7 Å². The monoisotopic (exact) mass is 383 g/mol. The number of sulfonamides is 1. The Morgan fingerprint density at radius 2 is 1.96 bits per heavy atom. The predicted molar refractivity (Wildman–Crippen MR) is 102 cm³/mol. The molecule has 26 heavy (non-hydrogen) atoms. The number of piperazine rings is 1. The molecule has 1 atom stereocenters. The summed E-state index contributed by atoms with van der Waals surface area (Å²) in [4.78, 5) is 6.70. The third-order valence-corrected chi connectivity index (χ3v) is 6.28. The number of aliphatic imine (C=N–C) groups is 1. The highest BCUT2D eigenvalue weighted by atomic mass is 32.2. The van der Waals surface area contributed by atoms with Crippen molar-refractivity contribution >= 4 is 16.0 Å². The Kier molecular flexibility index (Phi) is 7.39. The van der Waals surface area contributed by atoms with E-state index in [1.54, 1.807) is 25.3 Å². The molecule has 3 N–H and O–H groups in total. The molecule has 1 aliphatic rings.